The number of halogens is 3. The fourth-order valence-electron chi connectivity index (χ4n) is 1.42. The smallest absolute Gasteiger partial charge is 0.145 e. The third-order valence-corrected chi connectivity index (χ3v) is 3.27. The molecule has 0 amide bonds. The van der Waals surface area contributed by atoms with E-state index in [1.54, 1.807) is 0 Å². The Morgan fingerprint density at radius 1 is 1.32 bits per heavy atom. The van der Waals surface area contributed by atoms with Crippen LogP contribution in [0.15, 0.2) is 16.6 Å². The molecule has 19 heavy (non-hydrogen) atoms. The third-order valence-electron chi connectivity index (χ3n) is 2.36. The molecule has 0 radical (unpaired) electrons. The zero-order valence-corrected chi connectivity index (χ0v) is 13.2. The molecule has 0 unspecified atom stereocenters. The molecule has 0 fully saturated rings. The van der Waals surface area contributed by atoms with Crippen molar-refractivity contribution in [2.45, 2.75) is 13.3 Å². The molecule has 6 heteroatoms. The summed E-state index contributed by atoms with van der Waals surface area (Å²) < 4.78 is 24.6. The van der Waals surface area contributed by atoms with Gasteiger partial charge in [0.05, 0.1) is 9.50 Å². The molecular formula is C13H18BrClFNO2. The van der Waals surface area contributed by atoms with Gasteiger partial charge in [-0.25, -0.2) is 4.39 Å². The first-order chi connectivity index (χ1) is 9.15. The molecule has 0 aromatic heterocycles. The van der Waals surface area contributed by atoms with Crippen LogP contribution in [0.2, 0.25) is 5.02 Å². The van der Waals surface area contributed by atoms with Crippen LogP contribution in [0.1, 0.15) is 13.3 Å². The lowest BCUT2D eigenvalue weighted by Gasteiger charge is -2.10. The highest BCUT2D eigenvalue weighted by molar-refractivity contribution is 9.10. The van der Waals surface area contributed by atoms with Gasteiger partial charge in [-0.1, -0.05) is 11.6 Å². The van der Waals surface area contributed by atoms with Gasteiger partial charge < -0.3 is 14.8 Å². The molecule has 0 aliphatic rings. The standard InChI is InChI=1S/C13H18BrClFNO2/c1-2-18-6-3-4-17-5-7-19-13-9-12(16)11(15)8-10(13)14/h8-9,17H,2-7H2,1H3. The molecule has 0 saturated heterocycles. The number of hydrogen-bond acceptors (Lipinski definition) is 3. The highest BCUT2D eigenvalue weighted by Gasteiger charge is 2.07. The Morgan fingerprint density at radius 3 is 2.84 bits per heavy atom. The van der Waals surface area contributed by atoms with Crippen molar-refractivity contribution in [1.29, 1.82) is 0 Å². The lowest BCUT2D eigenvalue weighted by Crippen LogP contribution is -2.23. The molecule has 1 aromatic carbocycles. The minimum absolute atomic E-state index is 0.0771. The Hall–Kier alpha value is -0.360. The van der Waals surface area contributed by atoms with Crippen LogP contribution in [0.5, 0.6) is 5.75 Å². The zero-order chi connectivity index (χ0) is 14.1. The minimum Gasteiger partial charge on any atom is -0.491 e. The van der Waals surface area contributed by atoms with Crippen molar-refractivity contribution in [3.63, 3.8) is 0 Å². The average Bonchev–Trinajstić information content (AvgIpc) is 2.38. The van der Waals surface area contributed by atoms with E-state index in [9.17, 15) is 4.39 Å². The molecule has 0 aliphatic heterocycles. The quantitative estimate of drug-likeness (QED) is 0.542. The van der Waals surface area contributed by atoms with E-state index in [4.69, 9.17) is 21.1 Å². The Bertz CT molecular complexity index is 393. The highest BCUT2D eigenvalue weighted by Crippen LogP contribution is 2.30. The Kier molecular flexibility index (Phi) is 8.37. The second-order valence-electron chi connectivity index (χ2n) is 3.85. The van der Waals surface area contributed by atoms with Crippen molar-refractivity contribution in [2.24, 2.45) is 0 Å². The topological polar surface area (TPSA) is 30.5 Å². The third kappa shape index (κ3) is 6.56. The van der Waals surface area contributed by atoms with Crippen LogP contribution < -0.4 is 10.1 Å². The second-order valence-corrected chi connectivity index (χ2v) is 5.11. The zero-order valence-electron chi connectivity index (χ0n) is 10.8. The summed E-state index contributed by atoms with van der Waals surface area (Å²) in [6.07, 6.45) is 0.965. The van der Waals surface area contributed by atoms with Gasteiger partial charge in [-0.2, -0.15) is 0 Å². The molecule has 0 saturated carbocycles. The van der Waals surface area contributed by atoms with Gasteiger partial charge in [0, 0.05) is 25.8 Å². The van der Waals surface area contributed by atoms with Crippen molar-refractivity contribution >= 4 is 27.5 Å². The van der Waals surface area contributed by atoms with Gasteiger partial charge in [0.15, 0.2) is 0 Å². The first kappa shape index (κ1) is 16.7. The van der Waals surface area contributed by atoms with E-state index in [1.165, 1.54) is 12.1 Å². The molecule has 0 spiro atoms. The van der Waals surface area contributed by atoms with Crippen molar-refractivity contribution < 1.29 is 13.9 Å². The van der Waals surface area contributed by atoms with Gasteiger partial charge in [0.1, 0.15) is 18.2 Å². The van der Waals surface area contributed by atoms with E-state index >= 15 is 0 Å². The maximum absolute atomic E-state index is 13.2. The van der Waals surface area contributed by atoms with Gasteiger partial charge in [0.25, 0.3) is 0 Å². The van der Waals surface area contributed by atoms with Crippen LogP contribution in [-0.2, 0) is 4.74 Å². The summed E-state index contributed by atoms with van der Waals surface area (Å²) in [5.41, 5.74) is 0. The first-order valence-corrected chi connectivity index (χ1v) is 7.38. The van der Waals surface area contributed by atoms with Crippen LogP contribution in [-0.4, -0.2) is 32.9 Å². The maximum atomic E-state index is 13.2. The summed E-state index contributed by atoms with van der Waals surface area (Å²) in [5, 5.41) is 3.30. The lowest BCUT2D eigenvalue weighted by molar-refractivity contribution is 0.144. The summed E-state index contributed by atoms with van der Waals surface area (Å²) in [5.74, 6) is -0.0254. The number of rotatable bonds is 9. The van der Waals surface area contributed by atoms with Crippen LogP contribution in [0.3, 0.4) is 0 Å². The average molecular weight is 355 g/mol. The van der Waals surface area contributed by atoms with Crippen molar-refractivity contribution in [3.05, 3.63) is 27.4 Å². The predicted octanol–water partition coefficient (Wildman–Crippen LogP) is 3.64. The van der Waals surface area contributed by atoms with Crippen molar-refractivity contribution in [1.82, 2.24) is 5.32 Å². The maximum Gasteiger partial charge on any atom is 0.145 e. The summed E-state index contributed by atoms with van der Waals surface area (Å²) >= 11 is 8.92. The number of ether oxygens (including phenoxy) is 2. The molecule has 1 N–H and O–H groups in total. The number of benzene rings is 1. The van der Waals surface area contributed by atoms with E-state index < -0.39 is 5.82 Å². The minimum atomic E-state index is -0.482. The Balaban J connectivity index is 2.17. The molecule has 0 aliphatic carbocycles. The number of nitrogens with one attached hydrogen (secondary N) is 1. The van der Waals surface area contributed by atoms with Crippen molar-refractivity contribution in [2.75, 3.05) is 32.9 Å². The fourth-order valence-corrected chi connectivity index (χ4v) is 2.17. The van der Waals surface area contributed by atoms with Gasteiger partial charge in [-0.15, -0.1) is 0 Å². The monoisotopic (exact) mass is 353 g/mol. The normalized spacial score (nSPS) is 10.7. The molecule has 3 nitrogen and oxygen atoms in total. The van der Waals surface area contributed by atoms with Crippen LogP contribution in [0, 0.1) is 5.82 Å². The molecule has 1 rings (SSSR count). The van der Waals surface area contributed by atoms with Crippen LogP contribution in [0.4, 0.5) is 4.39 Å². The van der Waals surface area contributed by atoms with E-state index in [2.05, 4.69) is 21.2 Å². The Morgan fingerprint density at radius 2 is 2.11 bits per heavy atom. The molecular weight excluding hydrogens is 337 g/mol. The summed E-state index contributed by atoms with van der Waals surface area (Å²) in [6.45, 7) is 5.53. The van der Waals surface area contributed by atoms with Gasteiger partial charge in [-0.3, -0.25) is 0 Å². The van der Waals surface area contributed by atoms with E-state index in [0.717, 1.165) is 26.2 Å². The first-order valence-electron chi connectivity index (χ1n) is 6.21. The van der Waals surface area contributed by atoms with Crippen LogP contribution >= 0.6 is 27.5 Å². The van der Waals surface area contributed by atoms with Crippen molar-refractivity contribution in [3.8, 4) is 5.75 Å². The fraction of sp³-hybridized carbons (Fsp3) is 0.538. The highest BCUT2D eigenvalue weighted by atomic mass is 79.9. The predicted molar refractivity (Wildman–Crippen MR) is 78.6 cm³/mol. The van der Waals surface area contributed by atoms with E-state index in [-0.39, 0.29) is 5.02 Å². The molecule has 0 bridgehead atoms. The SMILES string of the molecule is CCOCCCNCCOc1cc(F)c(Cl)cc1Br. The Labute approximate surface area is 126 Å². The van der Waals surface area contributed by atoms with Gasteiger partial charge >= 0.3 is 0 Å². The molecule has 0 heterocycles. The summed E-state index contributed by atoms with van der Waals surface area (Å²) in [6, 6.07) is 2.77. The molecule has 108 valence electrons. The summed E-state index contributed by atoms with van der Waals surface area (Å²) in [7, 11) is 0. The lowest BCUT2D eigenvalue weighted by atomic mass is 10.3. The number of hydrogen-bond donors (Lipinski definition) is 1. The molecule has 1 aromatic rings. The summed E-state index contributed by atoms with van der Waals surface area (Å²) in [4.78, 5) is 0. The molecule has 0 atom stereocenters. The van der Waals surface area contributed by atoms with E-state index in [0.29, 0.717) is 23.4 Å². The van der Waals surface area contributed by atoms with Crippen LogP contribution in [0.25, 0.3) is 0 Å². The van der Waals surface area contributed by atoms with Gasteiger partial charge in [0.2, 0.25) is 0 Å². The van der Waals surface area contributed by atoms with E-state index in [1.807, 2.05) is 6.92 Å². The van der Waals surface area contributed by atoms with Gasteiger partial charge in [-0.05, 0) is 41.9 Å². The largest absolute Gasteiger partial charge is 0.491 e. The second kappa shape index (κ2) is 9.53.